The molecule has 0 aliphatic heterocycles. The second-order valence-corrected chi connectivity index (χ2v) is 3.99. The molecule has 0 bridgehead atoms. The highest BCUT2D eigenvalue weighted by molar-refractivity contribution is 5.85. The zero-order valence-electron chi connectivity index (χ0n) is 10.2. The predicted octanol–water partition coefficient (Wildman–Crippen LogP) is 3.57. The number of anilines is 2. The van der Waals surface area contributed by atoms with E-state index < -0.39 is 0 Å². The molecule has 2 aromatic rings. The van der Waals surface area contributed by atoms with Gasteiger partial charge in [0.25, 0.3) is 0 Å². The number of rotatable bonds is 2. The minimum absolute atomic E-state index is 0. The van der Waals surface area contributed by atoms with Crippen LogP contribution in [0.15, 0.2) is 30.6 Å². The van der Waals surface area contributed by atoms with E-state index in [1.165, 1.54) is 11.1 Å². The van der Waals surface area contributed by atoms with Crippen molar-refractivity contribution in [3.05, 3.63) is 47.4 Å². The Morgan fingerprint density at radius 3 is 2.47 bits per heavy atom. The summed E-state index contributed by atoms with van der Waals surface area (Å²) in [7, 11) is 0. The van der Waals surface area contributed by atoms with Crippen LogP contribution in [0.4, 0.5) is 11.5 Å². The SMILES string of the molecule is Cc1ccc(C)c(Nc2cc(C)ncn2)c1.Cl. The van der Waals surface area contributed by atoms with E-state index in [1.54, 1.807) is 6.33 Å². The highest BCUT2D eigenvalue weighted by Gasteiger charge is 2.00. The second-order valence-electron chi connectivity index (χ2n) is 3.99. The van der Waals surface area contributed by atoms with Gasteiger partial charge in [-0.15, -0.1) is 12.4 Å². The molecule has 0 saturated carbocycles. The standard InChI is InChI=1S/C13H15N3.ClH/c1-9-4-5-10(2)12(6-9)16-13-7-11(3)14-8-15-13;/h4-8H,1-3H3,(H,14,15,16);1H. The zero-order chi connectivity index (χ0) is 11.5. The molecule has 1 heterocycles. The van der Waals surface area contributed by atoms with Gasteiger partial charge in [-0.2, -0.15) is 0 Å². The van der Waals surface area contributed by atoms with Crippen LogP contribution in [-0.4, -0.2) is 9.97 Å². The summed E-state index contributed by atoms with van der Waals surface area (Å²) in [5.41, 5.74) is 4.50. The Bertz CT molecular complexity index is 512. The van der Waals surface area contributed by atoms with Crippen LogP contribution < -0.4 is 5.32 Å². The van der Waals surface area contributed by atoms with Crippen LogP contribution in [0.3, 0.4) is 0 Å². The maximum Gasteiger partial charge on any atom is 0.133 e. The highest BCUT2D eigenvalue weighted by Crippen LogP contribution is 2.20. The van der Waals surface area contributed by atoms with Crippen molar-refractivity contribution in [2.24, 2.45) is 0 Å². The van der Waals surface area contributed by atoms with Gasteiger partial charge >= 0.3 is 0 Å². The number of aryl methyl sites for hydroxylation is 3. The van der Waals surface area contributed by atoms with Crippen molar-refractivity contribution >= 4 is 23.9 Å². The van der Waals surface area contributed by atoms with Crippen LogP contribution in [0, 0.1) is 20.8 Å². The maximum absolute atomic E-state index is 4.18. The summed E-state index contributed by atoms with van der Waals surface area (Å²) in [4.78, 5) is 8.25. The van der Waals surface area contributed by atoms with E-state index in [0.717, 1.165) is 17.2 Å². The first kappa shape index (κ1) is 13.5. The van der Waals surface area contributed by atoms with Gasteiger partial charge in [0.15, 0.2) is 0 Å². The Morgan fingerprint density at radius 1 is 1.00 bits per heavy atom. The minimum atomic E-state index is 0. The largest absolute Gasteiger partial charge is 0.340 e. The Kier molecular flexibility index (Phi) is 4.46. The molecule has 90 valence electrons. The molecule has 0 atom stereocenters. The quantitative estimate of drug-likeness (QED) is 0.884. The van der Waals surface area contributed by atoms with Gasteiger partial charge in [0, 0.05) is 17.4 Å². The van der Waals surface area contributed by atoms with Crippen LogP contribution in [0.25, 0.3) is 0 Å². The number of nitrogens with one attached hydrogen (secondary N) is 1. The zero-order valence-corrected chi connectivity index (χ0v) is 11.0. The van der Waals surface area contributed by atoms with Gasteiger partial charge in [0.05, 0.1) is 0 Å². The van der Waals surface area contributed by atoms with Crippen molar-refractivity contribution in [1.82, 2.24) is 9.97 Å². The molecule has 17 heavy (non-hydrogen) atoms. The Balaban J connectivity index is 0.00000144. The summed E-state index contributed by atoms with van der Waals surface area (Å²) in [6.45, 7) is 6.11. The van der Waals surface area contributed by atoms with Crippen LogP contribution in [-0.2, 0) is 0 Å². The number of halogens is 1. The monoisotopic (exact) mass is 249 g/mol. The van der Waals surface area contributed by atoms with Crippen molar-refractivity contribution < 1.29 is 0 Å². The lowest BCUT2D eigenvalue weighted by atomic mass is 10.1. The van der Waals surface area contributed by atoms with Crippen LogP contribution in [0.5, 0.6) is 0 Å². The molecule has 0 aliphatic carbocycles. The lowest BCUT2D eigenvalue weighted by molar-refractivity contribution is 1.10. The fourth-order valence-corrected chi connectivity index (χ4v) is 1.53. The van der Waals surface area contributed by atoms with Gasteiger partial charge in [0.1, 0.15) is 12.1 Å². The van der Waals surface area contributed by atoms with E-state index in [-0.39, 0.29) is 12.4 Å². The van der Waals surface area contributed by atoms with Gasteiger partial charge in [0.2, 0.25) is 0 Å². The molecule has 0 spiro atoms. The molecule has 4 heteroatoms. The first-order valence-corrected chi connectivity index (χ1v) is 5.28. The third-order valence-corrected chi connectivity index (χ3v) is 2.46. The van der Waals surface area contributed by atoms with E-state index in [4.69, 9.17) is 0 Å². The molecule has 1 N–H and O–H groups in total. The molecule has 0 amide bonds. The number of hydrogen-bond acceptors (Lipinski definition) is 3. The minimum Gasteiger partial charge on any atom is -0.340 e. The fourth-order valence-electron chi connectivity index (χ4n) is 1.53. The van der Waals surface area contributed by atoms with Crippen LogP contribution >= 0.6 is 12.4 Å². The Morgan fingerprint density at radius 2 is 1.76 bits per heavy atom. The molecule has 0 radical (unpaired) electrons. The van der Waals surface area contributed by atoms with Gasteiger partial charge in [-0.3, -0.25) is 0 Å². The molecule has 1 aromatic carbocycles. The van der Waals surface area contributed by atoms with Gasteiger partial charge < -0.3 is 5.32 Å². The Labute approximate surface area is 108 Å². The van der Waals surface area contributed by atoms with Crippen molar-refractivity contribution in [2.75, 3.05) is 5.32 Å². The highest BCUT2D eigenvalue weighted by atomic mass is 35.5. The summed E-state index contributed by atoms with van der Waals surface area (Å²) in [6, 6.07) is 8.26. The molecule has 3 nitrogen and oxygen atoms in total. The van der Waals surface area contributed by atoms with Gasteiger partial charge in [-0.05, 0) is 38.0 Å². The maximum atomic E-state index is 4.18. The van der Waals surface area contributed by atoms with Gasteiger partial charge in [-0.1, -0.05) is 12.1 Å². The predicted molar refractivity (Wildman–Crippen MR) is 73.2 cm³/mol. The van der Waals surface area contributed by atoms with E-state index >= 15 is 0 Å². The van der Waals surface area contributed by atoms with E-state index in [0.29, 0.717) is 0 Å². The molecule has 1 aromatic heterocycles. The smallest absolute Gasteiger partial charge is 0.133 e. The lowest BCUT2D eigenvalue weighted by Gasteiger charge is -2.09. The van der Waals surface area contributed by atoms with E-state index in [1.807, 2.05) is 13.0 Å². The summed E-state index contributed by atoms with van der Waals surface area (Å²) in [5.74, 6) is 0.834. The second kappa shape index (κ2) is 5.64. The van der Waals surface area contributed by atoms with Crippen molar-refractivity contribution in [1.29, 1.82) is 0 Å². The first-order chi connectivity index (χ1) is 7.65. The molecule has 2 rings (SSSR count). The summed E-state index contributed by atoms with van der Waals surface area (Å²) in [6.07, 6.45) is 1.57. The number of aromatic nitrogens is 2. The van der Waals surface area contributed by atoms with Crippen molar-refractivity contribution in [3.8, 4) is 0 Å². The normalized spacial score (nSPS) is 9.59. The molecular weight excluding hydrogens is 234 g/mol. The summed E-state index contributed by atoms with van der Waals surface area (Å²) >= 11 is 0. The molecular formula is C13H16ClN3. The van der Waals surface area contributed by atoms with E-state index in [2.05, 4.69) is 47.3 Å². The van der Waals surface area contributed by atoms with Crippen molar-refractivity contribution in [2.45, 2.75) is 20.8 Å². The Hall–Kier alpha value is -1.61. The fraction of sp³-hybridized carbons (Fsp3) is 0.231. The average Bonchev–Trinajstić information content (AvgIpc) is 2.24. The number of hydrogen-bond donors (Lipinski definition) is 1. The topological polar surface area (TPSA) is 37.8 Å². The first-order valence-electron chi connectivity index (χ1n) is 5.28. The molecule has 0 fully saturated rings. The van der Waals surface area contributed by atoms with Crippen LogP contribution in [0.1, 0.15) is 16.8 Å². The van der Waals surface area contributed by atoms with Crippen molar-refractivity contribution in [3.63, 3.8) is 0 Å². The van der Waals surface area contributed by atoms with E-state index in [9.17, 15) is 0 Å². The summed E-state index contributed by atoms with van der Waals surface area (Å²) < 4.78 is 0. The molecule has 0 unspecified atom stereocenters. The lowest BCUT2D eigenvalue weighted by Crippen LogP contribution is -1.97. The van der Waals surface area contributed by atoms with Gasteiger partial charge in [-0.25, -0.2) is 9.97 Å². The molecule has 0 aliphatic rings. The summed E-state index contributed by atoms with van der Waals surface area (Å²) in [5, 5.41) is 3.30. The average molecular weight is 250 g/mol. The third kappa shape index (κ3) is 3.43. The third-order valence-electron chi connectivity index (χ3n) is 2.46. The number of nitrogens with zero attached hydrogens (tertiary/aromatic N) is 2. The van der Waals surface area contributed by atoms with Crippen LogP contribution in [0.2, 0.25) is 0 Å². The molecule has 0 saturated heterocycles. The number of benzene rings is 1.